The van der Waals surface area contributed by atoms with Gasteiger partial charge in [0.2, 0.25) is 5.78 Å². The van der Waals surface area contributed by atoms with Crippen LogP contribution in [-0.4, -0.2) is 28.9 Å². The Morgan fingerprint density at radius 1 is 1.11 bits per heavy atom. The highest BCUT2D eigenvalue weighted by Crippen LogP contribution is 2.21. The number of carbonyl (C=O) groups is 1. The van der Waals surface area contributed by atoms with E-state index in [0.717, 1.165) is 29.8 Å². The number of hydrogen-bond acceptors (Lipinski definition) is 3. The van der Waals surface area contributed by atoms with Gasteiger partial charge in [-0.3, -0.25) is 4.79 Å². The number of nitrogens with zero attached hydrogens (tertiary/aromatic N) is 1. The minimum atomic E-state index is 0.0274. The maximum Gasteiger partial charge on any atom is 0.210 e. The lowest BCUT2D eigenvalue weighted by molar-refractivity contribution is 0.103. The normalized spacial score (nSPS) is 11.7. The number of benzene rings is 1. The summed E-state index contributed by atoms with van der Waals surface area (Å²) < 4.78 is 7.73. The molecule has 27 heavy (non-hydrogen) atoms. The van der Waals surface area contributed by atoms with Crippen LogP contribution in [-0.2, 0) is 0 Å². The van der Waals surface area contributed by atoms with E-state index in [1.165, 1.54) is 0 Å². The van der Waals surface area contributed by atoms with Gasteiger partial charge in [-0.15, -0.1) is 0 Å². The van der Waals surface area contributed by atoms with Crippen molar-refractivity contribution in [3.05, 3.63) is 71.5 Å². The van der Waals surface area contributed by atoms with E-state index in [2.05, 4.69) is 26.1 Å². The maximum atomic E-state index is 13.0. The van der Waals surface area contributed by atoms with Crippen LogP contribution >= 0.6 is 0 Å². The number of aryl methyl sites for hydroxylation is 1. The van der Waals surface area contributed by atoms with E-state index in [-0.39, 0.29) is 11.3 Å². The smallest absolute Gasteiger partial charge is 0.210 e. The SMILES string of the molecule is Cc1cc2ccccn2c1C(=O)c1ccc(OCCCNC(C)(C)C)cc1. The lowest BCUT2D eigenvalue weighted by atomic mass is 10.1. The van der Waals surface area contributed by atoms with Crippen LogP contribution in [0.15, 0.2) is 54.7 Å². The van der Waals surface area contributed by atoms with Gasteiger partial charge in [0.15, 0.2) is 0 Å². The summed E-state index contributed by atoms with van der Waals surface area (Å²) in [4.78, 5) is 13.0. The molecule has 0 aliphatic heterocycles. The van der Waals surface area contributed by atoms with Gasteiger partial charge in [-0.25, -0.2) is 0 Å². The van der Waals surface area contributed by atoms with Gasteiger partial charge in [-0.1, -0.05) is 6.07 Å². The number of aromatic nitrogens is 1. The Morgan fingerprint density at radius 2 is 1.85 bits per heavy atom. The molecule has 0 unspecified atom stereocenters. The number of hydrogen-bond donors (Lipinski definition) is 1. The van der Waals surface area contributed by atoms with E-state index < -0.39 is 0 Å². The highest BCUT2D eigenvalue weighted by Gasteiger charge is 2.16. The van der Waals surface area contributed by atoms with Gasteiger partial charge in [-0.2, -0.15) is 0 Å². The first kappa shape index (κ1) is 19.2. The van der Waals surface area contributed by atoms with Gasteiger partial charge in [0.1, 0.15) is 5.75 Å². The van der Waals surface area contributed by atoms with Crippen LogP contribution in [0.1, 0.15) is 48.8 Å². The van der Waals surface area contributed by atoms with Gasteiger partial charge < -0.3 is 14.5 Å². The molecule has 0 aliphatic carbocycles. The molecule has 0 fully saturated rings. The van der Waals surface area contributed by atoms with Gasteiger partial charge in [0, 0.05) is 22.8 Å². The Balaban J connectivity index is 1.63. The fourth-order valence-corrected chi connectivity index (χ4v) is 3.11. The molecule has 0 aliphatic rings. The molecule has 0 spiro atoms. The second-order valence-corrected chi connectivity index (χ2v) is 7.90. The molecule has 2 aromatic heterocycles. The number of fused-ring (bicyclic) bond motifs is 1. The second kappa shape index (κ2) is 7.97. The highest BCUT2D eigenvalue weighted by molar-refractivity contribution is 6.09. The Morgan fingerprint density at radius 3 is 2.56 bits per heavy atom. The molecule has 3 aromatic rings. The van der Waals surface area contributed by atoms with Crippen LogP contribution < -0.4 is 10.1 Å². The third-order valence-corrected chi connectivity index (χ3v) is 4.45. The van der Waals surface area contributed by atoms with E-state index in [9.17, 15) is 4.79 Å². The second-order valence-electron chi connectivity index (χ2n) is 7.90. The maximum absolute atomic E-state index is 13.0. The lowest BCUT2D eigenvalue weighted by Crippen LogP contribution is -2.36. The van der Waals surface area contributed by atoms with E-state index in [1.54, 1.807) is 0 Å². The van der Waals surface area contributed by atoms with Crippen molar-refractivity contribution in [2.24, 2.45) is 0 Å². The molecule has 3 rings (SSSR count). The number of rotatable bonds is 7. The molecule has 1 aromatic carbocycles. The average molecular weight is 364 g/mol. The Labute approximate surface area is 161 Å². The monoisotopic (exact) mass is 364 g/mol. The minimum Gasteiger partial charge on any atom is -0.494 e. The quantitative estimate of drug-likeness (QED) is 0.491. The molecular weight excluding hydrogens is 336 g/mol. The molecule has 0 atom stereocenters. The van der Waals surface area contributed by atoms with Crippen LogP contribution in [0.4, 0.5) is 0 Å². The predicted molar refractivity (Wildman–Crippen MR) is 110 cm³/mol. The van der Waals surface area contributed by atoms with Gasteiger partial charge >= 0.3 is 0 Å². The summed E-state index contributed by atoms with van der Waals surface area (Å²) in [5.41, 5.74) is 3.53. The molecule has 4 heteroatoms. The zero-order valence-corrected chi connectivity index (χ0v) is 16.6. The average Bonchev–Trinajstić information content (AvgIpc) is 2.96. The van der Waals surface area contributed by atoms with E-state index in [0.29, 0.717) is 17.9 Å². The van der Waals surface area contributed by atoms with E-state index in [1.807, 2.05) is 66.1 Å². The third kappa shape index (κ3) is 4.77. The van der Waals surface area contributed by atoms with Crippen molar-refractivity contribution in [1.82, 2.24) is 9.72 Å². The molecule has 0 saturated heterocycles. The fraction of sp³-hybridized carbons (Fsp3) is 0.348. The fourth-order valence-electron chi connectivity index (χ4n) is 3.11. The van der Waals surface area contributed by atoms with Crippen molar-refractivity contribution < 1.29 is 9.53 Å². The molecule has 2 heterocycles. The topological polar surface area (TPSA) is 42.7 Å². The number of ketones is 1. The van der Waals surface area contributed by atoms with Crippen LogP contribution in [0.3, 0.4) is 0 Å². The molecule has 0 bridgehead atoms. The van der Waals surface area contributed by atoms with Crippen LogP contribution in [0.5, 0.6) is 5.75 Å². The number of pyridine rings is 1. The summed E-state index contributed by atoms with van der Waals surface area (Å²) in [5, 5.41) is 3.44. The summed E-state index contributed by atoms with van der Waals surface area (Å²) in [6.45, 7) is 10.0. The Kier molecular flexibility index (Phi) is 5.66. The van der Waals surface area contributed by atoms with Crippen LogP contribution in [0.25, 0.3) is 5.52 Å². The minimum absolute atomic E-state index is 0.0274. The van der Waals surface area contributed by atoms with Crippen molar-refractivity contribution in [3.63, 3.8) is 0 Å². The standard InChI is InChI=1S/C23H28N2O2/c1-17-16-19-8-5-6-14-25(19)21(17)22(26)18-9-11-20(12-10-18)27-15-7-13-24-23(2,3)4/h5-6,8-12,14,16,24H,7,13,15H2,1-4H3. The third-order valence-electron chi connectivity index (χ3n) is 4.45. The zero-order valence-electron chi connectivity index (χ0n) is 16.6. The van der Waals surface area contributed by atoms with Crippen molar-refractivity contribution >= 4 is 11.3 Å². The van der Waals surface area contributed by atoms with Crippen LogP contribution in [0.2, 0.25) is 0 Å². The Hall–Kier alpha value is -2.59. The van der Waals surface area contributed by atoms with Crippen molar-refractivity contribution in [2.75, 3.05) is 13.2 Å². The summed E-state index contributed by atoms with van der Waals surface area (Å²) in [6.07, 6.45) is 2.87. The summed E-state index contributed by atoms with van der Waals surface area (Å²) in [7, 11) is 0. The first-order valence-electron chi connectivity index (χ1n) is 9.44. The van der Waals surface area contributed by atoms with E-state index >= 15 is 0 Å². The van der Waals surface area contributed by atoms with Gasteiger partial charge in [0.05, 0.1) is 12.3 Å². The van der Waals surface area contributed by atoms with Gasteiger partial charge in [-0.05, 0) is 88.7 Å². The zero-order chi connectivity index (χ0) is 19.4. The van der Waals surface area contributed by atoms with Gasteiger partial charge in [0.25, 0.3) is 0 Å². The highest BCUT2D eigenvalue weighted by atomic mass is 16.5. The molecule has 142 valence electrons. The molecular formula is C23H28N2O2. The van der Waals surface area contributed by atoms with Crippen molar-refractivity contribution in [2.45, 2.75) is 39.7 Å². The van der Waals surface area contributed by atoms with Crippen LogP contribution in [0, 0.1) is 6.92 Å². The number of nitrogens with one attached hydrogen (secondary N) is 1. The van der Waals surface area contributed by atoms with E-state index in [4.69, 9.17) is 4.74 Å². The molecule has 1 N–H and O–H groups in total. The Bertz CT molecular complexity index is 918. The van der Waals surface area contributed by atoms with Crippen molar-refractivity contribution in [3.8, 4) is 5.75 Å². The molecule has 0 saturated carbocycles. The summed E-state index contributed by atoms with van der Waals surface area (Å²) in [6, 6.07) is 15.4. The first-order valence-corrected chi connectivity index (χ1v) is 9.44. The molecule has 4 nitrogen and oxygen atoms in total. The summed E-state index contributed by atoms with van der Waals surface area (Å²) >= 11 is 0. The lowest BCUT2D eigenvalue weighted by Gasteiger charge is -2.20. The predicted octanol–water partition coefficient (Wildman–Crippen LogP) is 4.64. The molecule has 0 radical (unpaired) electrons. The number of carbonyl (C=O) groups excluding carboxylic acids is 1. The summed E-state index contributed by atoms with van der Waals surface area (Å²) in [5.74, 6) is 0.818. The molecule has 0 amide bonds. The van der Waals surface area contributed by atoms with Crippen molar-refractivity contribution in [1.29, 1.82) is 0 Å². The number of ether oxygens (including phenoxy) is 1. The largest absolute Gasteiger partial charge is 0.494 e. The first-order chi connectivity index (χ1) is 12.8.